The molecule has 8 heteroatoms. The van der Waals surface area contributed by atoms with Crippen LogP contribution >= 0.6 is 11.6 Å². The van der Waals surface area contributed by atoms with Gasteiger partial charge in [0.15, 0.2) is 9.84 Å². The first-order valence-electron chi connectivity index (χ1n) is 5.80. The molecule has 0 amide bonds. The number of aromatic nitrogens is 1. The van der Waals surface area contributed by atoms with Crippen molar-refractivity contribution >= 4 is 27.4 Å². The molecule has 6 nitrogen and oxygen atoms in total. The molecule has 21 heavy (non-hydrogen) atoms. The number of rotatable bonds is 3. The summed E-state index contributed by atoms with van der Waals surface area (Å²) in [5.41, 5.74) is 0.421. The number of hydrogen-bond acceptors (Lipinski definition) is 6. The van der Waals surface area contributed by atoms with Crippen molar-refractivity contribution in [2.24, 2.45) is 0 Å². The van der Waals surface area contributed by atoms with Crippen molar-refractivity contribution < 1.29 is 22.5 Å². The first kappa shape index (κ1) is 15.5. The summed E-state index contributed by atoms with van der Waals surface area (Å²) in [5, 5.41) is 3.73. The van der Waals surface area contributed by atoms with Gasteiger partial charge >= 0.3 is 5.97 Å². The zero-order valence-electron chi connectivity index (χ0n) is 11.5. The van der Waals surface area contributed by atoms with E-state index in [9.17, 15) is 13.2 Å². The third-order valence-corrected chi connectivity index (χ3v) is 4.32. The molecular weight excluding hydrogens is 318 g/mol. The second-order valence-electron chi connectivity index (χ2n) is 4.39. The van der Waals surface area contributed by atoms with Crippen LogP contribution in [0.4, 0.5) is 0 Å². The second kappa shape index (κ2) is 5.50. The van der Waals surface area contributed by atoms with Crippen LogP contribution in [-0.4, -0.2) is 32.9 Å². The van der Waals surface area contributed by atoms with E-state index < -0.39 is 15.8 Å². The average molecular weight is 330 g/mol. The van der Waals surface area contributed by atoms with Gasteiger partial charge in [-0.1, -0.05) is 16.8 Å². The van der Waals surface area contributed by atoms with Gasteiger partial charge in [0.05, 0.1) is 22.6 Å². The topological polar surface area (TPSA) is 86.5 Å². The molecule has 1 aromatic heterocycles. The number of carbonyl (C=O) groups excluding carboxylic acids is 1. The monoisotopic (exact) mass is 329 g/mol. The maximum Gasteiger partial charge on any atom is 0.339 e. The Labute approximate surface area is 126 Å². The van der Waals surface area contributed by atoms with Gasteiger partial charge in [-0.2, -0.15) is 0 Å². The zero-order chi connectivity index (χ0) is 15.8. The van der Waals surface area contributed by atoms with E-state index in [1.54, 1.807) is 6.92 Å². The maximum absolute atomic E-state index is 11.9. The first-order chi connectivity index (χ1) is 9.75. The molecule has 0 saturated heterocycles. The summed E-state index contributed by atoms with van der Waals surface area (Å²) < 4.78 is 33.4. The van der Waals surface area contributed by atoms with E-state index in [1.165, 1.54) is 25.3 Å². The quantitative estimate of drug-likeness (QED) is 0.804. The smallest absolute Gasteiger partial charge is 0.339 e. The van der Waals surface area contributed by atoms with E-state index in [4.69, 9.17) is 16.1 Å². The normalized spacial score (nSPS) is 11.4. The number of halogens is 1. The average Bonchev–Trinajstić information content (AvgIpc) is 2.82. The Bertz CT molecular complexity index is 810. The molecular formula is C13H12ClNO5S. The summed E-state index contributed by atoms with van der Waals surface area (Å²) in [5.74, 6) is -0.175. The lowest BCUT2D eigenvalue weighted by Gasteiger charge is -2.10. The SMILES string of the molecule is COC(=O)c1ccc(S(C)(=O)=O)c(-c2cc(C)on2)c1Cl. The van der Waals surface area contributed by atoms with E-state index in [0.29, 0.717) is 5.76 Å². The standard InChI is InChI=1S/C13H12ClNO5S/c1-7-6-9(15-20-7)11-10(21(3,17)18)5-4-8(12(11)14)13(16)19-2/h4-6H,1-3H3. The number of nitrogens with zero attached hydrogens (tertiary/aromatic N) is 1. The molecule has 0 N–H and O–H groups in total. The Balaban J connectivity index is 2.82. The van der Waals surface area contributed by atoms with Crippen LogP contribution in [0.5, 0.6) is 0 Å². The number of benzene rings is 1. The molecule has 1 heterocycles. The molecule has 0 unspecified atom stereocenters. The van der Waals surface area contributed by atoms with Crippen LogP contribution in [-0.2, 0) is 14.6 Å². The molecule has 2 aromatic rings. The molecule has 0 aliphatic rings. The Morgan fingerprint density at radius 3 is 2.52 bits per heavy atom. The minimum atomic E-state index is -3.56. The molecule has 0 fully saturated rings. The molecule has 0 atom stereocenters. The fourth-order valence-electron chi connectivity index (χ4n) is 1.86. The number of ether oxygens (including phenoxy) is 1. The lowest BCUT2D eigenvalue weighted by molar-refractivity contribution is 0.0601. The van der Waals surface area contributed by atoms with E-state index in [0.717, 1.165) is 6.26 Å². The van der Waals surface area contributed by atoms with Crippen LogP contribution in [0.25, 0.3) is 11.3 Å². The van der Waals surface area contributed by atoms with Gasteiger partial charge in [-0.3, -0.25) is 0 Å². The summed E-state index contributed by atoms with van der Waals surface area (Å²) in [6, 6.07) is 4.14. The molecule has 0 spiro atoms. The molecule has 0 bridgehead atoms. The predicted octanol–water partition coefficient (Wildman–Crippen LogP) is 2.49. The minimum absolute atomic E-state index is 0.0338. The third-order valence-electron chi connectivity index (χ3n) is 2.79. The summed E-state index contributed by atoms with van der Waals surface area (Å²) in [7, 11) is -2.35. The van der Waals surface area contributed by atoms with Gasteiger partial charge in [0.1, 0.15) is 11.5 Å². The van der Waals surface area contributed by atoms with Crippen molar-refractivity contribution in [3.63, 3.8) is 0 Å². The number of sulfone groups is 1. The van der Waals surface area contributed by atoms with Crippen molar-refractivity contribution in [2.45, 2.75) is 11.8 Å². The van der Waals surface area contributed by atoms with Crippen LogP contribution in [0.15, 0.2) is 27.6 Å². The lowest BCUT2D eigenvalue weighted by atomic mass is 10.1. The Morgan fingerprint density at radius 1 is 1.38 bits per heavy atom. The number of methoxy groups -OCH3 is 1. The summed E-state index contributed by atoms with van der Waals surface area (Å²) in [6.45, 7) is 1.66. The van der Waals surface area contributed by atoms with Gasteiger partial charge in [-0.25, -0.2) is 13.2 Å². The Kier molecular flexibility index (Phi) is 4.06. The fraction of sp³-hybridized carbons (Fsp3) is 0.231. The molecule has 1 aromatic carbocycles. The molecule has 0 saturated carbocycles. The highest BCUT2D eigenvalue weighted by Crippen LogP contribution is 2.36. The number of esters is 1. The van der Waals surface area contributed by atoms with E-state index in [2.05, 4.69) is 9.89 Å². The minimum Gasteiger partial charge on any atom is -0.465 e. The first-order valence-corrected chi connectivity index (χ1v) is 8.07. The Hall–Kier alpha value is -1.86. The van der Waals surface area contributed by atoms with Gasteiger partial charge in [0, 0.05) is 17.9 Å². The van der Waals surface area contributed by atoms with Crippen LogP contribution in [0, 0.1) is 6.92 Å². The van der Waals surface area contributed by atoms with Gasteiger partial charge in [-0.15, -0.1) is 0 Å². The van der Waals surface area contributed by atoms with Crippen molar-refractivity contribution in [3.8, 4) is 11.3 Å². The van der Waals surface area contributed by atoms with Gasteiger partial charge in [0.2, 0.25) is 0 Å². The summed E-state index contributed by atoms with van der Waals surface area (Å²) >= 11 is 6.19. The summed E-state index contributed by atoms with van der Waals surface area (Å²) in [6.07, 6.45) is 1.05. The van der Waals surface area contributed by atoms with Crippen molar-refractivity contribution in [3.05, 3.63) is 34.5 Å². The highest BCUT2D eigenvalue weighted by Gasteiger charge is 2.25. The Morgan fingerprint density at radius 2 is 2.05 bits per heavy atom. The predicted molar refractivity (Wildman–Crippen MR) is 76.1 cm³/mol. The van der Waals surface area contributed by atoms with Crippen LogP contribution in [0.3, 0.4) is 0 Å². The number of carbonyl (C=O) groups is 1. The molecule has 0 radical (unpaired) electrons. The molecule has 2 rings (SSSR count). The molecule has 0 aliphatic carbocycles. The second-order valence-corrected chi connectivity index (χ2v) is 6.75. The van der Waals surface area contributed by atoms with Gasteiger partial charge < -0.3 is 9.26 Å². The van der Waals surface area contributed by atoms with E-state index in [-0.39, 0.29) is 26.7 Å². The maximum atomic E-state index is 11.9. The lowest BCUT2D eigenvalue weighted by Crippen LogP contribution is -2.07. The van der Waals surface area contributed by atoms with Crippen molar-refractivity contribution in [1.29, 1.82) is 0 Å². The zero-order valence-corrected chi connectivity index (χ0v) is 13.1. The van der Waals surface area contributed by atoms with Crippen LogP contribution in [0.2, 0.25) is 5.02 Å². The molecule has 112 valence electrons. The van der Waals surface area contributed by atoms with E-state index in [1.807, 2.05) is 0 Å². The van der Waals surface area contributed by atoms with Gasteiger partial charge in [0.25, 0.3) is 0 Å². The van der Waals surface area contributed by atoms with Crippen molar-refractivity contribution in [2.75, 3.05) is 13.4 Å². The van der Waals surface area contributed by atoms with Gasteiger partial charge in [-0.05, 0) is 19.1 Å². The number of hydrogen-bond donors (Lipinski definition) is 0. The third kappa shape index (κ3) is 2.93. The van der Waals surface area contributed by atoms with Crippen LogP contribution in [0.1, 0.15) is 16.1 Å². The molecule has 0 aliphatic heterocycles. The largest absolute Gasteiger partial charge is 0.465 e. The highest BCUT2D eigenvalue weighted by atomic mass is 35.5. The number of aryl methyl sites for hydroxylation is 1. The summed E-state index contributed by atoms with van der Waals surface area (Å²) in [4.78, 5) is 11.7. The highest BCUT2D eigenvalue weighted by molar-refractivity contribution is 7.90. The van der Waals surface area contributed by atoms with E-state index >= 15 is 0 Å². The fourth-order valence-corrected chi connectivity index (χ4v) is 3.15. The van der Waals surface area contributed by atoms with Crippen LogP contribution < -0.4 is 0 Å². The van der Waals surface area contributed by atoms with Crippen molar-refractivity contribution in [1.82, 2.24) is 5.16 Å².